The number of nitrogens with one attached hydrogen (secondary N) is 1. The van der Waals surface area contributed by atoms with Crippen molar-refractivity contribution in [3.8, 4) is 0 Å². The van der Waals surface area contributed by atoms with Crippen LogP contribution in [0.1, 0.15) is 0 Å². The molecule has 0 aliphatic heterocycles. The highest BCUT2D eigenvalue weighted by Gasteiger charge is 2.16. The zero-order valence-corrected chi connectivity index (χ0v) is 9.81. The third-order valence-corrected chi connectivity index (χ3v) is 3.98. The maximum absolute atomic E-state index is 10.6. The molecule has 0 aromatic carbocycles. The van der Waals surface area contributed by atoms with Crippen LogP contribution in [-0.4, -0.2) is 52.8 Å². The van der Waals surface area contributed by atoms with Crippen molar-refractivity contribution < 1.29 is 19.8 Å². The average Bonchev–Trinajstić information content (AvgIpc) is 2.16. The summed E-state index contributed by atoms with van der Waals surface area (Å²) < 4.78 is 0. The Morgan fingerprint density at radius 2 is 1.80 bits per heavy atom. The number of carboxylic acids is 2. The zero-order chi connectivity index (χ0) is 11.8. The fraction of sp³-hybridized carbons (Fsp3) is 0.714. The molecule has 6 nitrogen and oxygen atoms in total. The van der Waals surface area contributed by atoms with Crippen LogP contribution >= 0.6 is 21.6 Å². The molecular formula is C7H14N2O4S2. The second-order valence-corrected chi connectivity index (χ2v) is 5.25. The van der Waals surface area contributed by atoms with Gasteiger partial charge < -0.3 is 21.3 Å². The molecule has 0 aliphatic carbocycles. The summed E-state index contributed by atoms with van der Waals surface area (Å²) in [7, 11) is 4.11. The van der Waals surface area contributed by atoms with Gasteiger partial charge >= 0.3 is 11.9 Å². The highest BCUT2D eigenvalue weighted by molar-refractivity contribution is 8.76. The summed E-state index contributed by atoms with van der Waals surface area (Å²) in [5, 5.41) is 19.8. The lowest BCUT2D eigenvalue weighted by Gasteiger charge is -2.10. The summed E-state index contributed by atoms with van der Waals surface area (Å²) in [5.74, 6) is -1.35. The summed E-state index contributed by atoms with van der Waals surface area (Å²) in [6, 6.07) is -1.52. The Morgan fingerprint density at radius 3 is 2.20 bits per heavy atom. The van der Waals surface area contributed by atoms with E-state index < -0.39 is 24.0 Å². The van der Waals surface area contributed by atoms with Crippen LogP contribution in [0.5, 0.6) is 0 Å². The van der Waals surface area contributed by atoms with Gasteiger partial charge in [0.2, 0.25) is 0 Å². The minimum absolute atomic E-state index is 0.260. The molecule has 0 rings (SSSR count). The van der Waals surface area contributed by atoms with Gasteiger partial charge in [-0.3, -0.25) is 9.59 Å². The van der Waals surface area contributed by atoms with Gasteiger partial charge in [-0.2, -0.15) is 0 Å². The third-order valence-electron chi connectivity index (χ3n) is 1.53. The first kappa shape index (κ1) is 14.6. The molecule has 0 aromatic heterocycles. The molecule has 2 unspecified atom stereocenters. The highest BCUT2D eigenvalue weighted by atomic mass is 33.1. The quantitative estimate of drug-likeness (QED) is 0.337. The first-order chi connectivity index (χ1) is 6.99. The Balaban J connectivity index is 3.61. The Bertz CT molecular complexity index is 227. The molecule has 0 aromatic rings. The molecule has 0 fully saturated rings. The van der Waals surface area contributed by atoms with Crippen molar-refractivity contribution in [2.24, 2.45) is 5.73 Å². The van der Waals surface area contributed by atoms with E-state index >= 15 is 0 Å². The van der Waals surface area contributed by atoms with Gasteiger partial charge in [0.25, 0.3) is 0 Å². The van der Waals surface area contributed by atoms with Crippen LogP contribution in [0.3, 0.4) is 0 Å². The summed E-state index contributed by atoms with van der Waals surface area (Å²) in [6.45, 7) is 0. The molecule has 5 N–H and O–H groups in total. The van der Waals surface area contributed by atoms with Crippen LogP contribution in [0.25, 0.3) is 0 Å². The van der Waals surface area contributed by atoms with E-state index in [4.69, 9.17) is 15.9 Å². The number of carboxylic acid groups (broad SMARTS) is 2. The number of carbonyl (C=O) groups is 2. The molecule has 0 aliphatic rings. The van der Waals surface area contributed by atoms with Crippen LogP contribution in [0, 0.1) is 0 Å². The smallest absolute Gasteiger partial charge is 0.321 e. The van der Waals surface area contributed by atoms with Gasteiger partial charge in [-0.15, -0.1) is 0 Å². The van der Waals surface area contributed by atoms with Crippen molar-refractivity contribution in [1.82, 2.24) is 5.32 Å². The van der Waals surface area contributed by atoms with E-state index in [0.717, 1.165) is 0 Å². The molecule has 15 heavy (non-hydrogen) atoms. The summed E-state index contributed by atoms with van der Waals surface area (Å²) >= 11 is 0. The second-order valence-electron chi connectivity index (χ2n) is 2.69. The average molecular weight is 254 g/mol. The Hall–Kier alpha value is -0.440. The van der Waals surface area contributed by atoms with Crippen molar-refractivity contribution in [2.45, 2.75) is 12.1 Å². The monoisotopic (exact) mass is 254 g/mol. The minimum Gasteiger partial charge on any atom is -0.480 e. The topological polar surface area (TPSA) is 113 Å². The Kier molecular flexibility index (Phi) is 7.57. The molecule has 0 spiro atoms. The van der Waals surface area contributed by atoms with Crippen molar-refractivity contribution in [2.75, 3.05) is 18.6 Å². The second kappa shape index (κ2) is 7.80. The standard InChI is InChI=1S/C7H14N2O4S2/c1-9-5(7(12)13)3-15-14-2-4(8)6(10)11/h4-5,9H,2-3,8H2,1H3,(H,10,11)(H,12,13). The van der Waals surface area contributed by atoms with Crippen LogP contribution in [0.2, 0.25) is 0 Å². The van der Waals surface area contributed by atoms with Gasteiger partial charge in [0.05, 0.1) is 0 Å². The van der Waals surface area contributed by atoms with Gasteiger partial charge in [0.1, 0.15) is 12.1 Å². The number of hydrogen-bond donors (Lipinski definition) is 4. The fourth-order valence-corrected chi connectivity index (χ4v) is 2.94. The van der Waals surface area contributed by atoms with Crippen LogP contribution in [-0.2, 0) is 9.59 Å². The largest absolute Gasteiger partial charge is 0.480 e. The minimum atomic E-state index is -1.05. The van der Waals surface area contributed by atoms with Gasteiger partial charge in [0.15, 0.2) is 0 Å². The van der Waals surface area contributed by atoms with Crippen molar-refractivity contribution in [1.29, 1.82) is 0 Å². The number of nitrogens with two attached hydrogens (primary N) is 1. The molecule has 8 heteroatoms. The Labute approximate surface area is 95.4 Å². The van der Waals surface area contributed by atoms with E-state index in [-0.39, 0.29) is 5.75 Å². The lowest BCUT2D eigenvalue weighted by molar-refractivity contribution is -0.139. The number of hydrogen-bond acceptors (Lipinski definition) is 6. The summed E-state index contributed by atoms with van der Waals surface area (Å²) in [4.78, 5) is 20.9. The van der Waals surface area contributed by atoms with Gasteiger partial charge in [0, 0.05) is 11.5 Å². The lowest BCUT2D eigenvalue weighted by Crippen LogP contribution is -2.36. The third kappa shape index (κ3) is 6.61. The molecule has 0 radical (unpaired) electrons. The summed E-state index contributed by atoms with van der Waals surface area (Å²) in [5.41, 5.74) is 5.26. The molecular weight excluding hydrogens is 240 g/mol. The van der Waals surface area contributed by atoms with E-state index in [1.54, 1.807) is 7.05 Å². The normalized spacial score (nSPS) is 14.5. The first-order valence-electron chi connectivity index (χ1n) is 4.12. The molecule has 0 saturated heterocycles. The predicted octanol–water partition coefficient (Wildman–Crippen LogP) is -0.548. The van der Waals surface area contributed by atoms with Gasteiger partial charge in [-0.05, 0) is 7.05 Å². The molecule has 2 atom stereocenters. The zero-order valence-electron chi connectivity index (χ0n) is 8.17. The fourth-order valence-electron chi connectivity index (χ4n) is 0.587. The molecule has 88 valence electrons. The van der Waals surface area contributed by atoms with Gasteiger partial charge in [-0.1, -0.05) is 21.6 Å². The van der Waals surface area contributed by atoms with Crippen LogP contribution in [0.15, 0.2) is 0 Å². The first-order valence-corrected chi connectivity index (χ1v) is 6.60. The molecule has 0 heterocycles. The van der Waals surface area contributed by atoms with E-state index in [0.29, 0.717) is 5.75 Å². The highest BCUT2D eigenvalue weighted by Crippen LogP contribution is 2.22. The SMILES string of the molecule is CNC(CSSCC(N)C(=O)O)C(=O)O. The maximum Gasteiger partial charge on any atom is 0.321 e. The summed E-state index contributed by atoms with van der Waals surface area (Å²) in [6.07, 6.45) is 0. The van der Waals surface area contributed by atoms with E-state index in [9.17, 15) is 9.59 Å². The van der Waals surface area contributed by atoms with E-state index in [1.165, 1.54) is 21.6 Å². The lowest BCUT2D eigenvalue weighted by atomic mass is 10.3. The number of rotatable bonds is 8. The van der Waals surface area contributed by atoms with Crippen molar-refractivity contribution >= 4 is 33.5 Å². The molecule has 0 amide bonds. The molecule has 0 bridgehead atoms. The van der Waals surface area contributed by atoms with E-state index in [1.807, 2.05) is 0 Å². The van der Waals surface area contributed by atoms with Crippen molar-refractivity contribution in [3.05, 3.63) is 0 Å². The maximum atomic E-state index is 10.6. The molecule has 0 saturated carbocycles. The van der Waals surface area contributed by atoms with Crippen LogP contribution < -0.4 is 11.1 Å². The number of aliphatic carboxylic acids is 2. The predicted molar refractivity (Wildman–Crippen MR) is 61.0 cm³/mol. The van der Waals surface area contributed by atoms with Crippen molar-refractivity contribution in [3.63, 3.8) is 0 Å². The van der Waals surface area contributed by atoms with E-state index in [2.05, 4.69) is 5.32 Å². The number of likely N-dealkylation sites (N-methyl/N-ethyl adjacent to an activating group) is 1. The van der Waals surface area contributed by atoms with Gasteiger partial charge in [-0.25, -0.2) is 0 Å². The van der Waals surface area contributed by atoms with Crippen LogP contribution in [0.4, 0.5) is 0 Å². The Morgan fingerprint density at radius 1 is 1.27 bits per heavy atom.